The van der Waals surface area contributed by atoms with Crippen LogP contribution in [0.1, 0.15) is 74.1 Å². The Bertz CT molecular complexity index is 1510. The maximum Gasteiger partial charge on any atom is 0.251 e. The van der Waals surface area contributed by atoms with Gasteiger partial charge < -0.3 is 14.6 Å². The average Bonchev–Trinajstić information content (AvgIpc) is 3.40. The first-order valence-corrected chi connectivity index (χ1v) is 13.6. The number of anilines is 1. The van der Waals surface area contributed by atoms with Crippen molar-refractivity contribution in [2.45, 2.75) is 52.4 Å². The number of carbonyl (C=O) groups excluding carboxylic acids is 1. The second kappa shape index (κ2) is 11.2. The highest BCUT2D eigenvalue weighted by molar-refractivity contribution is 5.94. The van der Waals surface area contributed by atoms with Gasteiger partial charge in [-0.15, -0.1) is 0 Å². The summed E-state index contributed by atoms with van der Waals surface area (Å²) in [5.41, 5.74) is 4.30. The fourth-order valence-electron chi connectivity index (χ4n) is 4.95. The van der Waals surface area contributed by atoms with Crippen LogP contribution in [0.15, 0.2) is 53.1 Å². The Morgan fingerprint density at radius 1 is 1.08 bits per heavy atom. The Kier molecular flexibility index (Phi) is 7.60. The van der Waals surface area contributed by atoms with E-state index in [1.54, 1.807) is 18.2 Å². The highest BCUT2D eigenvalue weighted by Crippen LogP contribution is 2.34. The fraction of sp³-hybridized carbons (Fsp3) is 0.387. The first-order chi connectivity index (χ1) is 18.8. The van der Waals surface area contributed by atoms with Crippen molar-refractivity contribution in [3.63, 3.8) is 0 Å². The van der Waals surface area contributed by atoms with Crippen LogP contribution in [0.5, 0.6) is 0 Å². The third-order valence-corrected chi connectivity index (χ3v) is 7.31. The van der Waals surface area contributed by atoms with E-state index in [4.69, 9.17) is 16.0 Å². The van der Waals surface area contributed by atoms with Gasteiger partial charge in [-0.3, -0.25) is 4.79 Å². The molecule has 0 unspecified atom stereocenters. The molecule has 1 saturated heterocycles. The van der Waals surface area contributed by atoms with Crippen LogP contribution in [0, 0.1) is 12.5 Å². The number of benzene rings is 2. The number of rotatable bonds is 7. The molecule has 0 spiro atoms. The molecule has 5 rings (SSSR count). The molecule has 0 bridgehead atoms. The molecular formula is C31H34N6O2. The summed E-state index contributed by atoms with van der Waals surface area (Å²) in [7, 11) is 0. The van der Waals surface area contributed by atoms with Gasteiger partial charge in [0.05, 0.1) is 12.1 Å². The van der Waals surface area contributed by atoms with Gasteiger partial charge in [0.1, 0.15) is 11.6 Å². The van der Waals surface area contributed by atoms with Crippen LogP contribution in [0.4, 0.5) is 11.5 Å². The first kappa shape index (κ1) is 26.4. The molecule has 39 heavy (non-hydrogen) atoms. The normalized spacial score (nSPS) is 14.2. The predicted octanol–water partition coefficient (Wildman–Crippen LogP) is 6.73. The van der Waals surface area contributed by atoms with Crippen molar-refractivity contribution in [3.8, 4) is 11.5 Å². The minimum Gasteiger partial charge on any atom is -0.436 e. The van der Waals surface area contributed by atoms with E-state index in [2.05, 4.69) is 52.7 Å². The SMILES string of the molecule is [C-]#[N+]c1cc(C(C)C)c2oc(-c3ccc(C(=O)NCC4CCN(c5ccnc(C(C)C)n5)CC4)cc3)nc2c1. The molecule has 1 fully saturated rings. The van der Waals surface area contributed by atoms with Crippen LogP contribution in [-0.4, -0.2) is 40.5 Å². The molecule has 0 atom stereocenters. The number of carbonyl (C=O) groups is 1. The van der Waals surface area contributed by atoms with Gasteiger partial charge in [-0.25, -0.2) is 19.8 Å². The van der Waals surface area contributed by atoms with Gasteiger partial charge in [0.25, 0.3) is 5.91 Å². The van der Waals surface area contributed by atoms with Gasteiger partial charge in [0.15, 0.2) is 11.3 Å². The number of piperidine rings is 1. The molecule has 0 radical (unpaired) electrons. The second-order valence-electron chi connectivity index (χ2n) is 10.8. The van der Waals surface area contributed by atoms with E-state index in [1.165, 1.54) is 0 Å². The molecule has 8 nitrogen and oxygen atoms in total. The molecule has 1 aliphatic heterocycles. The lowest BCUT2D eigenvalue weighted by atomic mass is 9.96. The van der Waals surface area contributed by atoms with E-state index in [0.29, 0.717) is 46.6 Å². The molecule has 2 aromatic heterocycles. The molecule has 1 aliphatic rings. The van der Waals surface area contributed by atoms with E-state index >= 15 is 0 Å². The number of hydrogen-bond donors (Lipinski definition) is 1. The number of aromatic nitrogens is 3. The lowest BCUT2D eigenvalue weighted by Gasteiger charge is -2.33. The number of amides is 1. The molecule has 1 amide bonds. The quantitative estimate of drug-likeness (QED) is 0.271. The summed E-state index contributed by atoms with van der Waals surface area (Å²) in [5.74, 6) is 3.21. The maximum atomic E-state index is 12.8. The molecule has 0 aliphatic carbocycles. The van der Waals surface area contributed by atoms with Gasteiger partial charge >= 0.3 is 0 Å². The minimum atomic E-state index is -0.0808. The van der Waals surface area contributed by atoms with Crippen LogP contribution in [0.2, 0.25) is 0 Å². The minimum absolute atomic E-state index is 0.0808. The zero-order valence-corrected chi connectivity index (χ0v) is 22.9. The van der Waals surface area contributed by atoms with Crippen LogP contribution in [-0.2, 0) is 0 Å². The van der Waals surface area contributed by atoms with Crippen LogP contribution in [0.3, 0.4) is 0 Å². The van der Waals surface area contributed by atoms with Crippen molar-refractivity contribution in [3.05, 3.63) is 77.0 Å². The molecule has 1 N–H and O–H groups in total. The molecule has 3 heterocycles. The van der Waals surface area contributed by atoms with E-state index in [9.17, 15) is 4.79 Å². The Morgan fingerprint density at radius 2 is 1.82 bits per heavy atom. The second-order valence-corrected chi connectivity index (χ2v) is 10.8. The molecule has 0 saturated carbocycles. The summed E-state index contributed by atoms with van der Waals surface area (Å²) >= 11 is 0. The topological polar surface area (TPSA) is 88.5 Å². The lowest BCUT2D eigenvalue weighted by Crippen LogP contribution is -2.39. The number of nitrogens with zero attached hydrogens (tertiary/aromatic N) is 5. The summed E-state index contributed by atoms with van der Waals surface area (Å²) in [6, 6.07) is 12.9. The van der Waals surface area contributed by atoms with E-state index in [0.717, 1.165) is 48.7 Å². The average molecular weight is 523 g/mol. The highest BCUT2D eigenvalue weighted by atomic mass is 16.3. The van der Waals surface area contributed by atoms with Gasteiger partial charge in [-0.1, -0.05) is 27.7 Å². The van der Waals surface area contributed by atoms with Crippen molar-refractivity contribution < 1.29 is 9.21 Å². The number of oxazole rings is 1. The fourth-order valence-corrected chi connectivity index (χ4v) is 4.95. The largest absolute Gasteiger partial charge is 0.436 e. The predicted molar refractivity (Wildman–Crippen MR) is 153 cm³/mol. The van der Waals surface area contributed by atoms with Gasteiger partial charge in [-0.05, 0) is 72.7 Å². The summed E-state index contributed by atoms with van der Waals surface area (Å²) in [4.78, 5) is 32.4. The van der Waals surface area contributed by atoms with E-state index in [1.807, 2.05) is 30.5 Å². The number of nitrogens with one attached hydrogen (secondary N) is 1. The monoisotopic (exact) mass is 522 g/mol. The Hall–Kier alpha value is -4.25. The van der Waals surface area contributed by atoms with Gasteiger partial charge in [-0.2, -0.15) is 0 Å². The Labute approximate surface area is 229 Å². The number of fused-ring (bicyclic) bond motifs is 1. The Balaban J connectivity index is 1.18. The summed E-state index contributed by atoms with van der Waals surface area (Å²) in [6.07, 6.45) is 3.85. The van der Waals surface area contributed by atoms with Crippen LogP contribution >= 0.6 is 0 Å². The van der Waals surface area contributed by atoms with Crippen molar-refractivity contribution in [1.82, 2.24) is 20.3 Å². The molecule has 4 aromatic rings. The van der Waals surface area contributed by atoms with E-state index < -0.39 is 0 Å². The van der Waals surface area contributed by atoms with Gasteiger partial charge in [0.2, 0.25) is 5.89 Å². The Morgan fingerprint density at radius 3 is 2.49 bits per heavy atom. The third-order valence-electron chi connectivity index (χ3n) is 7.31. The van der Waals surface area contributed by atoms with Crippen molar-refractivity contribution in [2.24, 2.45) is 5.92 Å². The third kappa shape index (κ3) is 5.78. The molecule has 8 heteroatoms. The highest BCUT2D eigenvalue weighted by Gasteiger charge is 2.22. The standard InChI is InChI=1S/C31H34N6O2/c1-19(2)25-16-24(32-5)17-26-28(25)39-31(35-26)23-8-6-22(7-9-23)30(38)34-18-21-11-14-37(15-12-21)27-10-13-33-29(36-27)20(3)4/h6-10,13,16-17,19-21H,11-12,14-15,18H2,1-4H3,(H,34,38). The van der Waals surface area contributed by atoms with E-state index in [-0.39, 0.29) is 11.8 Å². The molecule has 200 valence electrons. The summed E-state index contributed by atoms with van der Waals surface area (Å²) in [5, 5.41) is 3.11. The van der Waals surface area contributed by atoms with Crippen molar-refractivity contribution in [2.75, 3.05) is 24.5 Å². The zero-order valence-electron chi connectivity index (χ0n) is 22.9. The van der Waals surface area contributed by atoms with Crippen LogP contribution < -0.4 is 10.2 Å². The number of hydrogen-bond acceptors (Lipinski definition) is 6. The molecule has 2 aromatic carbocycles. The lowest BCUT2D eigenvalue weighted by molar-refractivity contribution is 0.0945. The van der Waals surface area contributed by atoms with Crippen molar-refractivity contribution in [1.29, 1.82) is 0 Å². The smallest absolute Gasteiger partial charge is 0.251 e. The maximum absolute atomic E-state index is 12.8. The summed E-state index contributed by atoms with van der Waals surface area (Å²) < 4.78 is 6.11. The molecular weight excluding hydrogens is 488 g/mol. The van der Waals surface area contributed by atoms with Gasteiger partial charge in [0, 0.05) is 42.9 Å². The zero-order chi connectivity index (χ0) is 27.5. The first-order valence-electron chi connectivity index (χ1n) is 13.6. The van der Waals surface area contributed by atoms with Crippen molar-refractivity contribution >= 4 is 28.5 Å². The van der Waals surface area contributed by atoms with Crippen LogP contribution in [0.25, 0.3) is 27.4 Å². The summed E-state index contributed by atoms with van der Waals surface area (Å²) in [6.45, 7) is 18.2.